The Hall–Kier alpha value is -0.410. The van der Waals surface area contributed by atoms with Gasteiger partial charge in [0.25, 0.3) is 0 Å². The van der Waals surface area contributed by atoms with Crippen LogP contribution in [0, 0.1) is 5.92 Å². The van der Waals surface area contributed by atoms with E-state index in [2.05, 4.69) is 0 Å². The fourth-order valence-electron chi connectivity index (χ4n) is 1.52. The highest BCUT2D eigenvalue weighted by Gasteiger charge is 2.30. The summed E-state index contributed by atoms with van der Waals surface area (Å²) in [6.45, 7) is 1.60. The van der Waals surface area contributed by atoms with E-state index in [0.29, 0.717) is 12.8 Å². The van der Waals surface area contributed by atoms with E-state index >= 15 is 0 Å². The first-order valence-electron chi connectivity index (χ1n) is 4.03. The van der Waals surface area contributed by atoms with Crippen molar-refractivity contribution in [2.45, 2.75) is 38.3 Å². The van der Waals surface area contributed by atoms with Gasteiger partial charge in [-0.05, 0) is 32.6 Å². The smallest absolute Gasteiger partial charge is 0.132 e. The van der Waals surface area contributed by atoms with Crippen molar-refractivity contribution in [1.82, 2.24) is 0 Å². The lowest BCUT2D eigenvalue weighted by molar-refractivity contribution is -0.123. The molecule has 0 aromatic heterocycles. The van der Waals surface area contributed by atoms with Gasteiger partial charge in [-0.2, -0.15) is 0 Å². The minimum atomic E-state index is -1.01. The van der Waals surface area contributed by atoms with Crippen molar-refractivity contribution in [1.29, 1.82) is 0 Å². The fraction of sp³-hybridized carbons (Fsp3) is 0.875. The molecular formula is C8H15NO2. The van der Waals surface area contributed by atoms with Crippen LogP contribution in [0.15, 0.2) is 0 Å². The predicted octanol–water partition coefficient (Wildman–Crippen LogP) is 0.413. The topological polar surface area (TPSA) is 63.3 Å². The summed E-state index contributed by atoms with van der Waals surface area (Å²) in [5.41, 5.74) is 4.48. The van der Waals surface area contributed by atoms with Gasteiger partial charge in [-0.25, -0.2) is 0 Å². The molecule has 3 nitrogen and oxygen atoms in total. The fourth-order valence-corrected chi connectivity index (χ4v) is 1.52. The number of nitrogens with two attached hydrogens (primary N) is 1. The number of carbonyl (C=O) groups excluding carboxylic acids is 1. The van der Waals surface area contributed by atoms with E-state index in [0.717, 1.165) is 12.8 Å². The second kappa shape index (κ2) is 2.91. The third-order valence-electron chi connectivity index (χ3n) is 2.43. The summed E-state index contributed by atoms with van der Waals surface area (Å²) in [6, 6.07) is 0. The van der Waals surface area contributed by atoms with Crippen LogP contribution in [-0.4, -0.2) is 16.6 Å². The molecule has 0 atom stereocenters. The molecule has 0 saturated heterocycles. The highest BCUT2D eigenvalue weighted by Crippen LogP contribution is 2.28. The van der Waals surface area contributed by atoms with Crippen LogP contribution in [0.5, 0.6) is 0 Å². The van der Waals surface area contributed by atoms with Crippen LogP contribution >= 0.6 is 0 Å². The summed E-state index contributed by atoms with van der Waals surface area (Å²) in [6.07, 6.45) is 2.58. The number of hydrogen-bond acceptors (Lipinski definition) is 3. The van der Waals surface area contributed by atoms with Gasteiger partial charge in [-0.1, -0.05) is 0 Å². The zero-order valence-corrected chi connectivity index (χ0v) is 6.84. The molecule has 0 radical (unpaired) electrons. The molecule has 0 heterocycles. The standard InChI is InChI=1S/C8H15NO2/c1-6(10)7-2-4-8(9,11)5-3-7/h7,11H,2-5,9H2,1H3. The van der Waals surface area contributed by atoms with Gasteiger partial charge in [-0.15, -0.1) is 0 Å². The quantitative estimate of drug-likeness (QED) is 0.542. The summed E-state index contributed by atoms with van der Waals surface area (Å²) in [7, 11) is 0. The van der Waals surface area contributed by atoms with Gasteiger partial charge >= 0.3 is 0 Å². The molecule has 1 rings (SSSR count). The van der Waals surface area contributed by atoms with Crippen molar-refractivity contribution < 1.29 is 9.90 Å². The minimum Gasteiger partial charge on any atom is -0.376 e. The molecule has 1 saturated carbocycles. The van der Waals surface area contributed by atoms with Crippen molar-refractivity contribution >= 4 is 5.78 Å². The van der Waals surface area contributed by atoms with Crippen molar-refractivity contribution in [3.05, 3.63) is 0 Å². The van der Waals surface area contributed by atoms with Crippen molar-refractivity contribution in [2.75, 3.05) is 0 Å². The zero-order valence-electron chi connectivity index (χ0n) is 6.84. The van der Waals surface area contributed by atoms with Crippen LogP contribution in [0.1, 0.15) is 32.6 Å². The second-order valence-electron chi connectivity index (χ2n) is 3.49. The van der Waals surface area contributed by atoms with Crippen molar-refractivity contribution in [2.24, 2.45) is 11.7 Å². The Kier molecular flexibility index (Phi) is 2.30. The molecule has 3 N–H and O–H groups in total. The van der Waals surface area contributed by atoms with Crippen LogP contribution in [0.3, 0.4) is 0 Å². The third kappa shape index (κ3) is 2.27. The molecule has 64 valence electrons. The Labute approximate surface area is 66.6 Å². The number of rotatable bonds is 1. The molecule has 0 spiro atoms. The number of carbonyl (C=O) groups is 1. The summed E-state index contributed by atoms with van der Waals surface area (Å²) in [4.78, 5) is 10.9. The Morgan fingerprint density at radius 2 is 2.00 bits per heavy atom. The number of Topliss-reactive ketones (excluding diaryl/α,β-unsaturated/α-hetero) is 1. The molecule has 0 aromatic carbocycles. The van der Waals surface area contributed by atoms with Crippen LogP contribution in [0.2, 0.25) is 0 Å². The molecular weight excluding hydrogens is 142 g/mol. The maximum Gasteiger partial charge on any atom is 0.132 e. The number of hydrogen-bond donors (Lipinski definition) is 2. The van der Waals surface area contributed by atoms with E-state index in [9.17, 15) is 9.90 Å². The Morgan fingerprint density at radius 1 is 1.55 bits per heavy atom. The predicted molar refractivity (Wildman–Crippen MR) is 41.8 cm³/mol. The van der Waals surface area contributed by atoms with E-state index < -0.39 is 5.72 Å². The highest BCUT2D eigenvalue weighted by atomic mass is 16.3. The van der Waals surface area contributed by atoms with Crippen LogP contribution in [0.4, 0.5) is 0 Å². The van der Waals surface area contributed by atoms with Gasteiger partial charge in [0.1, 0.15) is 11.5 Å². The summed E-state index contributed by atoms with van der Waals surface area (Å²) < 4.78 is 0. The number of ketones is 1. The van der Waals surface area contributed by atoms with Crippen LogP contribution in [0.25, 0.3) is 0 Å². The molecule has 1 fully saturated rings. The van der Waals surface area contributed by atoms with Crippen LogP contribution < -0.4 is 5.73 Å². The average molecular weight is 157 g/mol. The molecule has 0 aromatic rings. The summed E-state index contributed by atoms with van der Waals surface area (Å²) >= 11 is 0. The van der Waals surface area contributed by atoms with E-state index in [4.69, 9.17) is 5.73 Å². The summed E-state index contributed by atoms with van der Waals surface area (Å²) in [5.74, 6) is 0.360. The molecule has 0 aliphatic heterocycles. The summed E-state index contributed by atoms with van der Waals surface area (Å²) in [5, 5.41) is 9.34. The first-order chi connectivity index (χ1) is 5.01. The van der Waals surface area contributed by atoms with Crippen LogP contribution in [-0.2, 0) is 4.79 Å². The first-order valence-corrected chi connectivity index (χ1v) is 4.03. The molecule has 0 unspecified atom stereocenters. The SMILES string of the molecule is CC(=O)C1CCC(N)(O)CC1. The lowest BCUT2D eigenvalue weighted by atomic mass is 9.82. The second-order valence-corrected chi connectivity index (χ2v) is 3.49. The molecule has 0 amide bonds. The Balaban J connectivity index is 2.42. The van der Waals surface area contributed by atoms with Crippen molar-refractivity contribution in [3.63, 3.8) is 0 Å². The van der Waals surface area contributed by atoms with Crippen molar-refractivity contribution in [3.8, 4) is 0 Å². The highest BCUT2D eigenvalue weighted by molar-refractivity contribution is 5.78. The maximum atomic E-state index is 10.9. The van der Waals surface area contributed by atoms with E-state index in [1.54, 1.807) is 6.92 Å². The van der Waals surface area contributed by atoms with Gasteiger partial charge in [0.2, 0.25) is 0 Å². The lowest BCUT2D eigenvalue weighted by Crippen LogP contribution is -2.43. The normalized spacial score (nSPS) is 38.6. The molecule has 1 aliphatic carbocycles. The van der Waals surface area contributed by atoms with Gasteiger partial charge in [0.05, 0.1) is 0 Å². The van der Waals surface area contributed by atoms with Gasteiger partial charge in [0.15, 0.2) is 0 Å². The molecule has 0 bridgehead atoms. The van der Waals surface area contributed by atoms with Gasteiger partial charge in [-0.3, -0.25) is 4.79 Å². The third-order valence-corrected chi connectivity index (χ3v) is 2.43. The van der Waals surface area contributed by atoms with Gasteiger partial charge in [0, 0.05) is 5.92 Å². The zero-order chi connectivity index (χ0) is 8.48. The Bertz CT molecular complexity index is 155. The average Bonchev–Trinajstić information content (AvgIpc) is 1.86. The lowest BCUT2D eigenvalue weighted by Gasteiger charge is -2.31. The maximum absolute atomic E-state index is 10.9. The van der Waals surface area contributed by atoms with E-state index in [-0.39, 0.29) is 11.7 Å². The minimum absolute atomic E-state index is 0.138. The molecule has 3 heteroatoms. The molecule has 1 aliphatic rings. The number of aliphatic hydroxyl groups is 1. The van der Waals surface area contributed by atoms with E-state index in [1.807, 2.05) is 0 Å². The molecule has 11 heavy (non-hydrogen) atoms. The monoisotopic (exact) mass is 157 g/mol. The van der Waals surface area contributed by atoms with Gasteiger partial charge < -0.3 is 10.8 Å². The first kappa shape index (κ1) is 8.68. The largest absolute Gasteiger partial charge is 0.376 e. The van der Waals surface area contributed by atoms with E-state index in [1.165, 1.54) is 0 Å². The Morgan fingerprint density at radius 3 is 2.36 bits per heavy atom.